The second-order valence-electron chi connectivity index (χ2n) is 2.34. The van der Waals surface area contributed by atoms with Crippen molar-refractivity contribution in [3.63, 3.8) is 0 Å². The fraction of sp³-hybridized carbons (Fsp3) is 0.250. The molecule has 74 valence electrons. The van der Waals surface area contributed by atoms with Crippen LogP contribution < -0.4 is 0 Å². The van der Waals surface area contributed by atoms with Gasteiger partial charge in [0.1, 0.15) is 0 Å². The van der Waals surface area contributed by atoms with Gasteiger partial charge in [-0.1, -0.05) is 36.5 Å². The van der Waals surface area contributed by atoms with Crippen LogP contribution in [-0.2, 0) is 9.09 Å². The lowest BCUT2D eigenvalue weighted by Crippen LogP contribution is -1.87. The standard InChI is InChI=1S/C8H13O4P/c1-3-5-8(2)6-4-7-12-13(9,10)11/h3-6H,1,7H2,2H3,(H2,9,10,11)/b6-4-,8-5-. The first-order valence-corrected chi connectivity index (χ1v) is 5.14. The Morgan fingerprint density at radius 3 is 2.69 bits per heavy atom. The highest BCUT2D eigenvalue weighted by molar-refractivity contribution is 7.46. The molecule has 0 atom stereocenters. The molecular weight excluding hydrogens is 191 g/mol. The normalized spacial score (nSPS) is 13.6. The third-order valence-corrected chi connectivity index (χ3v) is 1.59. The maximum absolute atomic E-state index is 10.2. The molecule has 0 rings (SSSR count). The number of rotatable bonds is 5. The van der Waals surface area contributed by atoms with E-state index in [1.807, 2.05) is 6.92 Å². The van der Waals surface area contributed by atoms with Crippen molar-refractivity contribution in [1.29, 1.82) is 0 Å². The second-order valence-corrected chi connectivity index (χ2v) is 3.57. The molecule has 0 aliphatic rings. The summed E-state index contributed by atoms with van der Waals surface area (Å²) in [4.78, 5) is 16.6. The van der Waals surface area contributed by atoms with Gasteiger partial charge in [0, 0.05) is 0 Å². The largest absolute Gasteiger partial charge is 0.469 e. The van der Waals surface area contributed by atoms with Crippen molar-refractivity contribution < 1.29 is 18.9 Å². The third-order valence-electron chi connectivity index (χ3n) is 1.10. The molecule has 4 nitrogen and oxygen atoms in total. The molecule has 5 heteroatoms. The predicted octanol–water partition coefficient (Wildman–Crippen LogP) is 1.78. The Hall–Kier alpha value is -0.670. The molecule has 0 radical (unpaired) electrons. The SMILES string of the molecule is C=C/C=C(C)\C=C/COP(=O)(O)O. The summed E-state index contributed by atoms with van der Waals surface area (Å²) in [6.45, 7) is 5.24. The van der Waals surface area contributed by atoms with E-state index in [1.54, 1.807) is 18.2 Å². The van der Waals surface area contributed by atoms with Crippen LogP contribution >= 0.6 is 7.82 Å². The van der Waals surface area contributed by atoms with Crippen molar-refractivity contribution in [2.24, 2.45) is 0 Å². The van der Waals surface area contributed by atoms with Crippen LogP contribution in [0.25, 0.3) is 0 Å². The molecule has 0 aromatic rings. The van der Waals surface area contributed by atoms with E-state index in [0.29, 0.717) is 0 Å². The minimum Gasteiger partial charge on any atom is -0.303 e. The van der Waals surface area contributed by atoms with Gasteiger partial charge in [0.15, 0.2) is 0 Å². The Bertz CT molecular complexity index is 261. The van der Waals surface area contributed by atoms with Crippen molar-refractivity contribution in [3.05, 3.63) is 36.5 Å². The van der Waals surface area contributed by atoms with Gasteiger partial charge in [-0.25, -0.2) is 4.57 Å². The zero-order valence-corrected chi connectivity index (χ0v) is 8.28. The van der Waals surface area contributed by atoms with Crippen molar-refractivity contribution >= 4 is 7.82 Å². The molecule has 13 heavy (non-hydrogen) atoms. The van der Waals surface area contributed by atoms with Gasteiger partial charge in [-0.3, -0.25) is 4.52 Å². The summed E-state index contributed by atoms with van der Waals surface area (Å²) >= 11 is 0. The molecule has 0 saturated heterocycles. The van der Waals surface area contributed by atoms with Crippen molar-refractivity contribution in [2.75, 3.05) is 6.61 Å². The lowest BCUT2D eigenvalue weighted by molar-refractivity contribution is 0.215. The van der Waals surface area contributed by atoms with E-state index < -0.39 is 7.82 Å². The van der Waals surface area contributed by atoms with Gasteiger partial charge in [-0.15, -0.1) is 0 Å². The first-order valence-electron chi connectivity index (χ1n) is 3.61. The predicted molar refractivity (Wildman–Crippen MR) is 51.1 cm³/mol. The van der Waals surface area contributed by atoms with Gasteiger partial charge in [-0.05, 0) is 6.92 Å². The van der Waals surface area contributed by atoms with Gasteiger partial charge in [0.2, 0.25) is 0 Å². The third kappa shape index (κ3) is 9.24. The van der Waals surface area contributed by atoms with Crippen LogP contribution in [0.5, 0.6) is 0 Å². The van der Waals surface area contributed by atoms with Crippen molar-refractivity contribution in [3.8, 4) is 0 Å². The first-order chi connectivity index (χ1) is 5.95. The lowest BCUT2D eigenvalue weighted by atomic mass is 10.2. The summed E-state index contributed by atoms with van der Waals surface area (Å²) in [5.41, 5.74) is 0.935. The van der Waals surface area contributed by atoms with Gasteiger partial charge in [0.25, 0.3) is 0 Å². The summed E-state index contributed by atoms with van der Waals surface area (Å²) in [5, 5.41) is 0. The van der Waals surface area contributed by atoms with E-state index >= 15 is 0 Å². The lowest BCUT2D eigenvalue weighted by Gasteiger charge is -2.00. The second kappa shape index (κ2) is 5.89. The quantitative estimate of drug-likeness (QED) is 0.529. The number of allylic oxidation sites excluding steroid dienone is 4. The minimum absolute atomic E-state index is 0.105. The van der Waals surface area contributed by atoms with Gasteiger partial charge >= 0.3 is 7.82 Å². The van der Waals surface area contributed by atoms with Gasteiger partial charge in [-0.2, -0.15) is 0 Å². The molecule has 0 bridgehead atoms. The highest BCUT2D eigenvalue weighted by Crippen LogP contribution is 2.35. The molecular formula is C8H13O4P. The maximum Gasteiger partial charge on any atom is 0.469 e. The Labute approximate surface area is 77.5 Å². The Balaban J connectivity index is 3.83. The average molecular weight is 204 g/mol. The Kier molecular flexibility index (Phi) is 5.58. The van der Waals surface area contributed by atoms with Crippen molar-refractivity contribution in [1.82, 2.24) is 0 Å². The van der Waals surface area contributed by atoms with E-state index in [1.165, 1.54) is 6.08 Å². The molecule has 0 spiro atoms. The van der Waals surface area contributed by atoms with Crippen LogP contribution in [0, 0.1) is 0 Å². The van der Waals surface area contributed by atoms with Crippen LogP contribution in [0.2, 0.25) is 0 Å². The fourth-order valence-electron chi connectivity index (χ4n) is 0.616. The summed E-state index contributed by atoms with van der Waals surface area (Å²) < 4.78 is 14.4. The van der Waals surface area contributed by atoms with E-state index in [9.17, 15) is 4.57 Å². The number of hydrogen-bond donors (Lipinski definition) is 2. The smallest absolute Gasteiger partial charge is 0.303 e. The maximum atomic E-state index is 10.2. The molecule has 0 heterocycles. The van der Waals surface area contributed by atoms with E-state index in [0.717, 1.165) is 5.57 Å². The van der Waals surface area contributed by atoms with E-state index in [2.05, 4.69) is 11.1 Å². The Morgan fingerprint density at radius 1 is 1.62 bits per heavy atom. The van der Waals surface area contributed by atoms with E-state index in [4.69, 9.17) is 9.79 Å². The molecule has 0 aliphatic heterocycles. The van der Waals surface area contributed by atoms with Crippen LogP contribution in [-0.4, -0.2) is 16.4 Å². The summed E-state index contributed by atoms with van der Waals surface area (Å²) in [7, 11) is -4.33. The van der Waals surface area contributed by atoms with E-state index in [-0.39, 0.29) is 6.61 Å². The summed E-state index contributed by atoms with van der Waals surface area (Å²) in [6.07, 6.45) is 6.61. The number of hydrogen-bond acceptors (Lipinski definition) is 2. The molecule has 0 aromatic carbocycles. The zero-order chi connectivity index (χ0) is 10.3. The van der Waals surface area contributed by atoms with Crippen LogP contribution in [0.4, 0.5) is 0 Å². The Morgan fingerprint density at radius 2 is 2.23 bits per heavy atom. The first kappa shape index (κ1) is 12.3. The highest BCUT2D eigenvalue weighted by Gasteiger charge is 2.11. The monoisotopic (exact) mass is 204 g/mol. The molecule has 0 unspecified atom stereocenters. The summed E-state index contributed by atoms with van der Waals surface area (Å²) in [6, 6.07) is 0. The van der Waals surface area contributed by atoms with Gasteiger partial charge in [0.05, 0.1) is 6.61 Å². The zero-order valence-electron chi connectivity index (χ0n) is 7.38. The molecule has 0 fully saturated rings. The number of phosphoric ester groups is 1. The molecule has 2 N–H and O–H groups in total. The van der Waals surface area contributed by atoms with Crippen LogP contribution in [0.1, 0.15) is 6.92 Å². The molecule has 0 aromatic heterocycles. The molecule has 0 saturated carbocycles. The van der Waals surface area contributed by atoms with Crippen molar-refractivity contribution in [2.45, 2.75) is 6.92 Å². The minimum atomic E-state index is -4.33. The highest BCUT2D eigenvalue weighted by atomic mass is 31.2. The number of phosphoric acid groups is 1. The average Bonchev–Trinajstić information content (AvgIpc) is 1.97. The topological polar surface area (TPSA) is 66.8 Å². The molecule has 0 aliphatic carbocycles. The molecule has 0 amide bonds. The van der Waals surface area contributed by atoms with Crippen LogP contribution in [0.3, 0.4) is 0 Å². The van der Waals surface area contributed by atoms with Gasteiger partial charge < -0.3 is 9.79 Å². The van der Waals surface area contributed by atoms with Crippen LogP contribution in [0.15, 0.2) is 36.5 Å². The fourth-order valence-corrected chi connectivity index (χ4v) is 0.896. The summed E-state index contributed by atoms with van der Waals surface area (Å²) in [5.74, 6) is 0.